The predicted octanol–water partition coefficient (Wildman–Crippen LogP) is 5.01. The normalized spacial score (nSPS) is 12.7. The molecule has 0 aliphatic heterocycles. The Kier molecular flexibility index (Phi) is 4.38. The van der Waals surface area contributed by atoms with Gasteiger partial charge in [-0.05, 0) is 36.8 Å². The van der Waals surface area contributed by atoms with E-state index in [2.05, 4.69) is 6.92 Å². The zero-order valence-electron chi connectivity index (χ0n) is 10.1. The Bertz CT molecular complexity index is 538. The fraction of sp³-hybridized carbons (Fsp3) is 0.286. The Labute approximate surface area is 115 Å². The predicted molar refractivity (Wildman–Crippen MR) is 76.6 cm³/mol. The van der Waals surface area contributed by atoms with Crippen molar-refractivity contribution in [3.63, 3.8) is 0 Å². The van der Waals surface area contributed by atoms with Crippen LogP contribution >= 0.6 is 22.9 Å². The molecule has 0 bridgehead atoms. The number of hydrogen-bond acceptors (Lipinski definition) is 2. The highest BCUT2D eigenvalue weighted by Gasteiger charge is 2.11. The molecule has 0 amide bonds. The van der Waals surface area contributed by atoms with Gasteiger partial charge in [0.15, 0.2) is 0 Å². The van der Waals surface area contributed by atoms with Crippen LogP contribution in [0.2, 0.25) is 5.02 Å². The van der Waals surface area contributed by atoms with E-state index < -0.39 is 0 Å². The zero-order chi connectivity index (χ0) is 13.1. The number of rotatable bonds is 4. The van der Waals surface area contributed by atoms with Crippen LogP contribution in [0.1, 0.15) is 30.7 Å². The lowest BCUT2D eigenvalue weighted by molar-refractivity contribution is 0.628. The van der Waals surface area contributed by atoms with Crippen molar-refractivity contribution < 1.29 is 4.39 Å². The van der Waals surface area contributed by atoms with E-state index in [1.807, 2.05) is 12.1 Å². The van der Waals surface area contributed by atoms with Crippen molar-refractivity contribution in [3.05, 3.63) is 46.0 Å². The first-order valence-electron chi connectivity index (χ1n) is 5.92. The molecule has 1 nitrogen and oxygen atoms in total. The molecule has 2 aromatic rings. The standard InChI is InChI=1S/C14H15ClFNS/c1-2-3-12(17)14-7-6-13(18-14)10-8-9(16)4-5-11(10)15/h4-8,12H,2-3,17H2,1H3. The lowest BCUT2D eigenvalue weighted by Crippen LogP contribution is -2.07. The highest BCUT2D eigenvalue weighted by Crippen LogP contribution is 2.36. The Balaban J connectivity index is 2.32. The van der Waals surface area contributed by atoms with Crippen molar-refractivity contribution in [2.75, 3.05) is 0 Å². The molecule has 1 heterocycles. The van der Waals surface area contributed by atoms with Gasteiger partial charge >= 0.3 is 0 Å². The van der Waals surface area contributed by atoms with Gasteiger partial charge in [-0.2, -0.15) is 0 Å². The van der Waals surface area contributed by atoms with E-state index in [1.54, 1.807) is 17.4 Å². The summed E-state index contributed by atoms with van der Waals surface area (Å²) in [6.45, 7) is 2.11. The monoisotopic (exact) mass is 283 g/mol. The smallest absolute Gasteiger partial charge is 0.123 e. The summed E-state index contributed by atoms with van der Waals surface area (Å²) < 4.78 is 13.2. The molecule has 4 heteroatoms. The van der Waals surface area contributed by atoms with Gasteiger partial charge in [-0.1, -0.05) is 24.9 Å². The van der Waals surface area contributed by atoms with Crippen LogP contribution in [0.4, 0.5) is 4.39 Å². The first-order chi connectivity index (χ1) is 8.61. The third-order valence-electron chi connectivity index (χ3n) is 2.79. The first kappa shape index (κ1) is 13.5. The number of hydrogen-bond donors (Lipinski definition) is 1. The van der Waals surface area contributed by atoms with Crippen LogP contribution in [0.5, 0.6) is 0 Å². The summed E-state index contributed by atoms with van der Waals surface area (Å²) in [7, 11) is 0. The summed E-state index contributed by atoms with van der Waals surface area (Å²) in [6, 6.07) is 8.42. The Morgan fingerprint density at radius 3 is 2.83 bits per heavy atom. The van der Waals surface area contributed by atoms with Crippen LogP contribution < -0.4 is 5.73 Å². The van der Waals surface area contributed by atoms with E-state index in [0.29, 0.717) is 5.02 Å². The van der Waals surface area contributed by atoms with E-state index >= 15 is 0 Å². The number of nitrogens with two attached hydrogens (primary N) is 1. The molecule has 0 aliphatic carbocycles. The summed E-state index contributed by atoms with van der Waals surface area (Å²) in [6.07, 6.45) is 2.01. The summed E-state index contributed by atoms with van der Waals surface area (Å²) in [5.74, 6) is -0.276. The maximum Gasteiger partial charge on any atom is 0.123 e. The fourth-order valence-corrected chi connectivity index (χ4v) is 3.19. The third kappa shape index (κ3) is 2.91. The maximum absolute atomic E-state index is 13.2. The quantitative estimate of drug-likeness (QED) is 0.839. The molecule has 0 fully saturated rings. The van der Waals surface area contributed by atoms with Gasteiger partial charge in [-0.15, -0.1) is 11.3 Å². The van der Waals surface area contributed by atoms with Crippen molar-refractivity contribution in [1.82, 2.24) is 0 Å². The van der Waals surface area contributed by atoms with Gasteiger partial charge in [-0.25, -0.2) is 4.39 Å². The molecule has 0 spiro atoms. The minimum Gasteiger partial charge on any atom is -0.323 e. The molecule has 0 saturated carbocycles. The molecule has 1 aromatic carbocycles. The molecule has 0 saturated heterocycles. The topological polar surface area (TPSA) is 26.0 Å². The molecular formula is C14H15ClFNS. The average Bonchev–Trinajstić information content (AvgIpc) is 2.82. The van der Waals surface area contributed by atoms with Crippen molar-refractivity contribution in [2.24, 2.45) is 5.73 Å². The van der Waals surface area contributed by atoms with E-state index in [1.165, 1.54) is 12.1 Å². The van der Waals surface area contributed by atoms with Crippen LogP contribution in [0.25, 0.3) is 10.4 Å². The first-order valence-corrected chi connectivity index (χ1v) is 7.12. The zero-order valence-corrected chi connectivity index (χ0v) is 11.7. The molecular weight excluding hydrogens is 269 g/mol. The molecule has 1 atom stereocenters. The number of thiophene rings is 1. The SMILES string of the molecule is CCCC(N)c1ccc(-c2cc(F)ccc2Cl)s1. The highest BCUT2D eigenvalue weighted by atomic mass is 35.5. The van der Waals surface area contributed by atoms with Gasteiger partial charge in [0.25, 0.3) is 0 Å². The Morgan fingerprint density at radius 2 is 2.11 bits per heavy atom. The largest absolute Gasteiger partial charge is 0.323 e. The molecule has 1 aromatic heterocycles. The van der Waals surface area contributed by atoms with Gasteiger partial charge in [0.1, 0.15) is 5.82 Å². The second kappa shape index (κ2) is 5.83. The van der Waals surface area contributed by atoms with Gasteiger partial charge in [0.05, 0.1) is 0 Å². The van der Waals surface area contributed by atoms with Crippen LogP contribution in [-0.4, -0.2) is 0 Å². The number of halogens is 2. The van der Waals surface area contributed by atoms with E-state index in [9.17, 15) is 4.39 Å². The van der Waals surface area contributed by atoms with Crippen LogP contribution in [0, 0.1) is 5.82 Å². The second-order valence-electron chi connectivity index (χ2n) is 4.22. The lowest BCUT2D eigenvalue weighted by Gasteiger charge is -2.06. The van der Waals surface area contributed by atoms with Crippen molar-refractivity contribution >= 4 is 22.9 Å². The van der Waals surface area contributed by atoms with Gasteiger partial charge in [0.2, 0.25) is 0 Å². The minimum absolute atomic E-state index is 0.0566. The molecule has 1 unspecified atom stereocenters. The number of benzene rings is 1. The third-order valence-corrected chi connectivity index (χ3v) is 4.37. The van der Waals surface area contributed by atoms with Crippen LogP contribution in [-0.2, 0) is 0 Å². The second-order valence-corrected chi connectivity index (χ2v) is 5.74. The van der Waals surface area contributed by atoms with Crippen LogP contribution in [0.3, 0.4) is 0 Å². The van der Waals surface area contributed by atoms with Crippen LogP contribution in [0.15, 0.2) is 30.3 Å². The van der Waals surface area contributed by atoms with E-state index in [4.69, 9.17) is 17.3 Å². The minimum atomic E-state index is -0.276. The molecule has 2 N–H and O–H groups in total. The average molecular weight is 284 g/mol. The van der Waals surface area contributed by atoms with Gasteiger partial charge in [0, 0.05) is 26.4 Å². The van der Waals surface area contributed by atoms with Crippen molar-refractivity contribution in [1.29, 1.82) is 0 Å². The summed E-state index contributed by atoms with van der Waals surface area (Å²) in [5, 5.41) is 0.564. The highest BCUT2D eigenvalue weighted by molar-refractivity contribution is 7.15. The molecule has 18 heavy (non-hydrogen) atoms. The Hall–Kier alpha value is -0.900. The molecule has 0 aliphatic rings. The van der Waals surface area contributed by atoms with Gasteiger partial charge < -0.3 is 5.73 Å². The van der Waals surface area contributed by atoms with E-state index in [-0.39, 0.29) is 11.9 Å². The maximum atomic E-state index is 13.2. The summed E-state index contributed by atoms with van der Waals surface area (Å²) in [5.41, 5.74) is 6.80. The van der Waals surface area contributed by atoms with Crippen molar-refractivity contribution in [2.45, 2.75) is 25.8 Å². The summed E-state index contributed by atoms with van der Waals surface area (Å²) in [4.78, 5) is 2.08. The molecule has 0 radical (unpaired) electrons. The fourth-order valence-electron chi connectivity index (χ4n) is 1.84. The van der Waals surface area contributed by atoms with Crippen molar-refractivity contribution in [3.8, 4) is 10.4 Å². The van der Waals surface area contributed by atoms with E-state index in [0.717, 1.165) is 28.2 Å². The van der Waals surface area contributed by atoms with Gasteiger partial charge in [-0.3, -0.25) is 0 Å². The lowest BCUT2D eigenvalue weighted by atomic mass is 10.1. The molecule has 96 valence electrons. The summed E-state index contributed by atoms with van der Waals surface area (Å²) >= 11 is 7.67. The Morgan fingerprint density at radius 1 is 1.33 bits per heavy atom. The molecule has 2 rings (SSSR count).